The summed E-state index contributed by atoms with van der Waals surface area (Å²) < 4.78 is 0.884. The minimum absolute atomic E-state index is 0.719. The zero-order valence-corrected chi connectivity index (χ0v) is 6.45. The van der Waals surface area contributed by atoms with Crippen LogP contribution in [-0.2, 0) is 0 Å². The quantitative estimate of drug-likeness (QED) is 0.607. The zero-order chi connectivity index (χ0) is 5.98. The topological polar surface area (TPSA) is 38.7 Å². The third-order valence-corrected chi connectivity index (χ3v) is 1.16. The van der Waals surface area contributed by atoms with Crippen molar-refractivity contribution in [3.8, 4) is 0 Å². The first-order chi connectivity index (χ1) is 3.79. The molecule has 8 heavy (non-hydrogen) atoms. The normalized spacial score (nSPS) is 9.25. The molecular formula is C4H4IN3. The second-order valence-corrected chi connectivity index (χ2v) is 2.43. The number of nitrogens with zero attached hydrogens (tertiary/aromatic N) is 3. The number of aromatic nitrogens is 3. The number of hydrogen-bond donors (Lipinski definition) is 0. The van der Waals surface area contributed by atoms with Crippen molar-refractivity contribution in [3.05, 3.63) is 15.7 Å². The summed E-state index contributed by atoms with van der Waals surface area (Å²) in [5.74, 6) is 0.719. The predicted molar refractivity (Wildman–Crippen MR) is 37.3 cm³/mol. The van der Waals surface area contributed by atoms with Crippen molar-refractivity contribution < 1.29 is 0 Å². The highest BCUT2D eigenvalue weighted by Crippen LogP contribution is 1.94. The molecule has 0 amide bonds. The van der Waals surface area contributed by atoms with Crippen LogP contribution in [-0.4, -0.2) is 15.2 Å². The van der Waals surface area contributed by atoms with Crippen LogP contribution >= 0.6 is 22.6 Å². The molecule has 0 saturated heterocycles. The third-order valence-electron chi connectivity index (χ3n) is 0.635. The summed E-state index contributed by atoms with van der Waals surface area (Å²) in [6.07, 6.45) is 1.62. The van der Waals surface area contributed by atoms with Gasteiger partial charge in [-0.2, -0.15) is 5.10 Å². The molecule has 4 heteroatoms. The van der Waals surface area contributed by atoms with Gasteiger partial charge in [-0.1, -0.05) is 0 Å². The molecule has 0 saturated carbocycles. The summed E-state index contributed by atoms with van der Waals surface area (Å²) in [6.45, 7) is 1.81. The first-order valence-electron chi connectivity index (χ1n) is 2.11. The predicted octanol–water partition coefficient (Wildman–Crippen LogP) is 0.785. The van der Waals surface area contributed by atoms with Gasteiger partial charge in [-0.05, 0) is 29.5 Å². The summed E-state index contributed by atoms with van der Waals surface area (Å²) >= 11 is 2.09. The second kappa shape index (κ2) is 2.34. The van der Waals surface area contributed by atoms with E-state index in [0.717, 1.165) is 9.53 Å². The molecule has 0 radical (unpaired) electrons. The van der Waals surface area contributed by atoms with Gasteiger partial charge in [0.2, 0.25) is 0 Å². The summed E-state index contributed by atoms with van der Waals surface area (Å²) in [5, 5.41) is 7.34. The molecule has 0 bridgehead atoms. The molecule has 0 aliphatic heterocycles. The van der Waals surface area contributed by atoms with Crippen LogP contribution in [0.1, 0.15) is 5.82 Å². The molecule has 1 heterocycles. The third kappa shape index (κ3) is 1.36. The molecule has 1 rings (SSSR count). The molecule has 1 aromatic heterocycles. The van der Waals surface area contributed by atoms with Crippen LogP contribution in [0, 0.1) is 10.6 Å². The lowest BCUT2D eigenvalue weighted by molar-refractivity contribution is 0.891. The van der Waals surface area contributed by atoms with Gasteiger partial charge in [0.25, 0.3) is 0 Å². The van der Waals surface area contributed by atoms with Gasteiger partial charge in [0, 0.05) is 0 Å². The Morgan fingerprint density at radius 1 is 1.62 bits per heavy atom. The van der Waals surface area contributed by atoms with E-state index < -0.39 is 0 Å². The van der Waals surface area contributed by atoms with E-state index in [1.54, 1.807) is 6.20 Å². The van der Waals surface area contributed by atoms with Crippen LogP contribution < -0.4 is 0 Å². The SMILES string of the molecule is Cc1nncc(I)n1. The molecule has 0 fully saturated rings. The van der Waals surface area contributed by atoms with Crippen LogP contribution in [0.5, 0.6) is 0 Å². The van der Waals surface area contributed by atoms with Gasteiger partial charge in [0.05, 0.1) is 6.20 Å². The van der Waals surface area contributed by atoms with E-state index in [9.17, 15) is 0 Å². The number of aryl methyl sites for hydroxylation is 1. The fraction of sp³-hybridized carbons (Fsp3) is 0.250. The molecule has 0 aliphatic rings. The second-order valence-electron chi connectivity index (χ2n) is 1.33. The Kier molecular flexibility index (Phi) is 1.72. The molecule has 0 unspecified atom stereocenters. The van der Waals surface area contributed by atoms with Gasteiger partial charge in [0.15, 0.2) is 0 Å². The van der Waals surface area contributed by atoms with Crippen molar-refractivity contribution >= 4 is 22.6 Å². The molecule has 0 N–H and O–H groups in total. The lowest BCUT2D eigenvalue weighted by Crippen LogP contribution is -1.91. The Morgan fingerprint density at radius 3 is 2.75 bits per heavy atom. The van der Waals surface area contributed by atoms with Crippen molar-refractivity contribution in [2.45, 2.75) is 6.92 Å². The van der Waals surface area contributed by atoms with E-state index in [2.05, 4.69) is 37.8 Å². The molecule has 42 valence electrons. The van der Waals surface area contributed by atoms with E-state index in [1.807, 2.05) is 6.92 Å². The van der Waals surface area contributed by atoms with Gasteiger partial charge in [-0.3, -0.25) is 0 Å². The molecule has 0 aromatic carbocycles. The first kappa shape index (κ1) is 5.87. The number of hydrogen-bond acceptors (Lipinski definition) is 3. The smallest absolute Gasteiger partial charge is 0.149 e. The molecule has 0 atom stereocenters. The Balaban J connectivity index is 3.08. The molecule has 0 spiro atoms. The highest BCUT2D eigenvalue weighted by Gasteiger charge is 1.86. The molecule has 0 aliphatic carbocycles. The van der Waals surface area contributed by atoms with E-state index in [4.69, 9.17) is 0 Å². The maximum atomic E-state index is 3.99. The first-order valence-corrected chi connectivity index (χ1v) is 3.19. The standard InChI is InChI=1S/C4H4IN3/c1-3-7-4(5)2-6-8-3/h2H,1H3. The maximum absolute atomic E-state index is 3.99. The van der Waals surface area contributed by atoms with Crippen LogP contribution in [0.4, 0.5) is 0 Å². The molecular weight excluding hydrogens is 217 g/mol. The Bertz CT molecular complexity index is 171. The fourth-order valence-corrected chi connectivity index (χ4v) is 0.840. The van der Waals surface area contributed by atoms with Gasteiger partial charge in [-0.25, -0.2) is 4.98 Å². The largest absolute Gasteiger partial charge is 0.224 e. The minimum atomic E-state index is 0.719. The summed E-state index contributed by atoms with van der Waals surface area (Å²) in [6, 6.07) is 0. The molecule has 3 nitrogen and oxygen atoms in total. The highest BCUT2D eigenvalue weighted by atomic mass is 127. The van der Waals surface area contributed by atoms with Crippen LogP contribution in [0.2, 0.25) is 0 Å². The lowest BCUT2D eigenvalue weighted by Gasteiger charge is -1.86. The van der Waals surface area contributed by atoms with E-state index in [0.29, 0.717) is 0 Å². The van der Waals surface area contributed by atoms with E-state index >= 15 is 0 Å². The number of halogens is 1. The summed E-state index contributed by atoms with van der Waals surface area (Å²) in [7, 11) is 0. The Morgan fingerprint density at radius 2 is 2.38 bits per heavy atom. The van der Waals surface area contributed by atoms with Crippen molar-refractivity contribution in [1.29, 1.82) is 0 Å². The van der Waals surface area contributed by atoms with Gasteiger partial charge >= 0.3 is 0 Å². The summed E-state index contributed by atoms with van der Waals surface area (Å²) in [4.78, 5) is 3.99. The minimum Gasteiger partial charge on any atom is -0.224 e. The van der Waals surface area contributed by atoms with Crippen molar-refractivity contribution in [3.63, 3.8) is 0 Å². The fourth-order valence-electron chi connectivity index (χ4n) is 0.366. The lowest BCUT2D eigenvalue weighted by atomic mass is 10.7. The Hall–Kier alpha value is -0.260. The molecule has 1 aromatic rings. The van der Waals surface area contributed by atoms with E-state index in [1.165, 1.54) is 0 Å². The van der Waals surface area contributed by atoms with Crippen molar-refractivity contribution in [2.24, 2.45) is 0 Å². The van der Waals surface area contributed by atoms with Crippen molar-refractivity contribution in [2.75, 3.05) is 0 Å². The number of rotatable bonds is 0. The summed E-state index contributed by atoms with van der Waals surface area (Å²) in [5.41, 5.74) is 0. The van der Waals surface area contributed by atoms with Gasteiger partial charge in [0.1, 0.15) is 9.53 Å². The van der Waals surface area contributed by atoms with Gasteiger partial charge in [-0.15, -0.1) is 5.10 Å². The van der Waals surface area contributed by atoms with Gasteiger partial charge < -0.3 is 0 Å². The average Bonchev–Trinajstić information content (AvgIpc) is 1.64. The van der Waals surface area contributed by atoms with Crippen LogP contribution in [0.25, 0.3) is 0 Å². The van der Waals surface area contributed by atoms with E-state index in [-0.39, 0.29) is 0 Å². The average molecular weight is 221 g/mol. The van der Waals surface area contributed by atoms with Crippen LogP contribution in [0.3, 0.4) is 0 Å². The highest BCUT2D eigenvalue weighted by molar-refractivity contribution is 14.1. The monoisotopic (exact) mass is 221 g/mol. The van der Waals surface area contributed by atoms with Crippen molar-refractivity contribution in [1.82, 2.24) is 15.2 Å². The maximum Gasteiger partial charge on any atom is 0.149 e. The Labute approximate surface area is 60.7 Å². The van der Waals surface area contributed by atoms with Crippen LogP contribution in [0.15, 0.2) is 6.20 Å². The zero-order valence-electron chi connectivity index (χ0n) is 4.30.